The SMILES string of the molecule is CCNC(=NCc1ccccc1OCC)NCc1csc(N(C)C)n1.I. The number of guanidine groups is 1. The summed E-state index contributed by atoms with van der Waals surface area (Å²) in [5.41, 5.74) is 2.08. The third kappa shape index (κ3) is 6.99. The first-order valence-corrected chi connectivity index (χ1v) is 9.36. The second-order valence-corrected chi connectivity index (χ2v) is 6.44. The lowest BCUT2D eigenvalue weighted by molar-refractivity contribution is 0.336. The Morgan fingerprint density at radius 2 is 2.00 bits per heavy atom. The maximum atomic E-state index is 5.66. The number of nitrogens with one attached hydrogen (secondary N) is 2. The zero-order valence-corrected chi connectivity index (χ0v) is 18.9. The summed E-state index contributed by atoms with van der Waals surface area (Å²) in [6.45, 7) is 6.70. The van der Waals surface area contributed by atoms with E-state index in [0.717, 1.165) is 34.6 Å². The van der Waals surface area contributed by atoms with Crippen molar-refractivity contribution in [3.05, 3.63) is 40.9 Å². The fourth-order valence-electron chi connectivity index (χ4n) is 2.19. The number of thiazole rings is 1. The Kier molecular flexibility index (Phi) is 10.3. The number of anilines is 1. The molecule has 0 bridgehead atoms. The van der Waals surface area contributed by atoms with Crippen LogP contribution in [0.5, 0.6) is 5.75 Å². The molecular weight excluding hydrogens is 461 g/mol. The molecule has 8 heteroatoms. The number of hydrogen-bond acceptors (Lipinski definition) is 5. The van der Waals surface area contributed by atoms with E-state index in [1.807, 2.05) is 50.2 Å². The van der Waals surface area contributed by atoms with Crippen molar-refractivity contribution >= 4 is 46.4 Å². The lowest BCUT2D eigenvalue weighted by Crippen LogP contribution is -2.36. The molecule has 0 unspecified atom stereocenters. The van der Waals surface area contributed by atoms with Crippen molar-refractivity contribution in [2.75, 3.05) is 32.1 Å². The Hall–Kier alpha value is -1.55. The Morgan fingerprint density at radius 1 is 1.23 bits per heavy atom. The lowest BCUT2D eigenvalue weighted by Gasteiger charge is -2.12. The molecule has 0 atom stereocenters. The molecule has 0 saturated carbocycles. The minimum absolute atomic E-state index is 0. The molecule has 2 N–H and O–H groups in total. The summed E-state index contributed by atoms with van der Waals surface area (Å²) in [7, 11) is 3.99. The number of ether oxygens (including phenoxy) is 1. The molecule has 0 aliphatic heterocycles. The zero-order chi connectivity index (χ0) is 18.1. The second kappa shape index (κ2) is 11.9. The minimum atomic E-state index is 0. The maximum Gasteiger partial charge on any atom is 0.191 e. The third-order valence-corrected chi connectivity index (χ3v) is 4.44. The van der Waals surface area contributed by atoms with E-state index in [2.05, 4.69) is 32.9 Å². The van der Waals surface area contributed by atoms with E-state index in [1.165, 1.54) is 0 Å². The van der Waals surface area contributed by atoms with Gasteiger partial charge >= 0.3 is 0 Å². The predicted octanol–water partition coefficient (Wildman–Crippen LogP) is 3.48. The number of aliphatic imine (C=N–C) groups is 1. The van der Waals surface area contributed by atoms with Gasteiger partial charge in [0.25, 0.3) is 0 Å². The standard InChI is InChI=1S/C18H27N5OS.HI/c1-5-19-17(21-12-15-13-25-18(22-15)23(3)4)20-11-14-9-7-8-10-16(14)24-6-2;/h7-10,13H,5-6,11-12H2,1-4H3,(H2,19,20,21);1H. The fourth-order valence-corrected chi connectivity index (χ4v) is 2.95. The Balaban J connectivity index is 0.00000338. The number of benzene rings is 1. The Bertz CT molecular complexity index is 690. The first kappa shape index (κ1) is 22.5. The summed E-state index contributed by atoms with van der Waals surface area (Å²) in [6, 6.07) is 8.01. The van der Waals surface area contributed by atoms with Crippen LogP contribution >= 0.6 is 35.3 Å². The maximum absolute atomic E-state index is 5.66. The van der Waals surface area contributed by atoms with Crippen molar-refractivity contribution in [3.63, 3.8) is 0 Å². The molecule has 6 nitrogen and oxygen atoms in total. The van der Waals surface area contributed by atoms with E-state index >= 15 is 0 Å². The minimum Gasteiger partial charge on any atom is -0.494 e. The average Bonchev–Trinajstić information content (AvgIpc) is 3.08. The van der Waals surface area contributed by atoms with Crippen LogP contribution in [0, 0.1) is 0 Å². The summed E-state index contributed by atoms with van der Waals surface area (Å²) in [5, 5.41) is 9.67. The molecule has 1 aromatic carbocycles. The highest BCUT2D eigenvalue weighted by atomic mass is 127. The molecule has 0 fully saturated rings. The fraction of sp³-hybridized carbons (Fsp3) is 0.444. The number of para-hydroxylation sites is 1. The second-order valence-electron chi connectivity index (χ2n) is 5.61. The summed E-state index contributed by atoms with van der Waals surface area (Å²) in [6.07, 6.45) is 0. The van der Waals surface area contributed by atoms with Gasteiger partial charge in [-0.15, -0.1) is 35.3 Å². The number of nitrogens with zero attached hydrogens (tertiary/aromatic N) is 3. The van der Waals surface area contributed by atoms with Crippen molar-refractivity contribution < 1.29 is 4.74 Å². The van der Waals surface area contributed by atoms with Crippen LogP contribution < -0.4 is 20.3 Å². The van der Waals surface area contributed by atoms with Gasteiger partial charge in [-0.3, -0.25) is 0 Å². The summed E-state index contributed by atoms with van der Waals surface area (Å²) in [4.78, 5) is 11.3. The van der Waals surface area contributed by atoms with Crippen LogP contribution in [0.2, 0.25) is 0 Å². The van der Waals surface area contributed by atoms with Crippen LogP contribution in [0.3, 0.4) is 0 Å². The summed E-state index contributed by atoms with van der Waals surface area (Å²) < 4.78 is 5.66. The average molecular weight is 489 g/mol. The Morgan fingerprint density at radius 3 is 2.65 bits per heavy atom. The third-order valence-electron chi connectivity index (χ3n) is 3.38. The van der Waals surface area contributed by atoms with Gasteiger partial charge in [-0.2, -0.15) is 0 Å². The quantitative estimate of drug-likeness (QED) is 0.338. The number of aromatic nitrogens is 1. The highest BCUT2D eigenvalue weighted by molar-refractivity contribution is 14.0. The van der Waals surface area contributed by atoms with Crippen molar-refractivity contribution in [3.8, 4) is 5.75 Å². The number of rotatable bonds is 8. The van der Waals surface area contributed by atoms with Crippen LogP contribution in [0.1, 0.15) is 25.1 Å². The van der Waals surface area contributed by atoms with Gasteiger partial charge in [-0.25, -0.2) is 9.98 Å². The van der Waals surface area contributed by atoms with Crippen molar-refractivity contribution in [1.82, 2.24) is 15.6 Å². The summed E-state index contributed by atoms with van der Waals surface area (Å²) >= 11 is 1.64. The van der Waals surface area contributed by atoms with E-state index in [-0.39, 0.29) is 24.0 Å². The molecule has 0 saturated heterocycles. The molecule has 0 aliphatic rings. The molecule has 144 valence electrons. The van der Waals surface area contributed by atoms with Gasteiger partial charge in [0.1, 0.15) is 5.75 Å². The number of hydrogen-bond donors (Lipinski definition) is 2. The number of halogens is 1. The molecule has 1 heterocycles. The van der Waals surface area contributed by atoms with Crippen LogP contribution in [0.15, 0.2) is 34.6 Å². The van der Waals surface area contributed by atoms with Gasteiger partial charge in [0.2, 0.25) is 0 Å². The van der Waals surface area contributed by atoms with Gasteiger partial charge in [0, 0.05) is 31.6 Å². The highest BCUT2D eigenvalue weighted by Crippen LogP contribution is 2.19. The molecule has 0 amide bonds. The van der Waals surface area contributed by atoms with E-state index in [9.17, 15) is 0 Å². The monoisotopic (exact) mass is 489 g/mol. The molecular formula is C18H28IN5OS. The van der Waals surface area contributed by atoms with Gasteiger partial charge in [0.05, 0.1) is 25.4 Å². The summed E-state index contributed by atoms with van der Waals surface area (Å²) in [5.74, 6) is 1.66. The van der Waals surface area contributed by atoms with Gasteiger partial charge in [0.15, 0.2) is 11.1 Å². The van der Waals surface area contributed by atoms with Gasteiger partial charge in [-0.1, -0.05) is 18.2 Å². The molecule has 1 aromatic heterocycles. The molecule has 2 aromatic rings. The molecule has 2 rings (SSSR count). The van der Waals surface area contributed by atoms with Crippen LogP contribution in [0.25, 0.3) is 0 Å². The van der Waals surface area contributed by atoms with E-state index in [0.29, 0.717) is 19.7 Å². The normalized spacial score (nSPS) is 10.8. The largest absolute Gasteiger partial charge is 0.494 e. The zero-order valence-electron chi connectivity index (χ0n) is 15.8. The lowest BCUT2D eigenvalue weighted by atomic mass is 10.2. The van der Waals surface area contributed by atoms with Crippen LogP contribution in [-0.2, 0) is 13.1 Å². The van der Waals surface area contributed by atoms with Crippen molar-refractivity contribution in [2.45, 2.75) is 26.9 Å². The predicted molar refractivity (Wildman–Crippen MR) is 121 cm³/mol. The van der Waals surface area contributed by atoms with Gasteiger partial charge in [-0.05, 0) is 19.9 Å². The van der Waals surface area contributed by atoms with Crippen molar-refractivity contribution in [1.29, 1.82) is 0 Å². The smallest absolute Gasteiger partial charge is 0.191 e. The van der Waals surface area contributed by atoms with Gasteiger partial charge < -0.3 is 20.3 Å². The Labute approximate surface area is 177 Å². The molecule has 0 aliphatic carbocycles. The van der Waals surface area contributed by atoms with Crippen molar-refractivity contribution in [2.24, 2.45) is 4.99 Å². The first-order valence-electron chi connectivity index (χ1n) is 8.48. The van der Waals surface area contributed by atoms with E-state index in [1.54, 1.807) is 11.3 Å². The van der Waals surface area contributed by atoms with E-state index in [4.69, 9.17) is 4.74 Å². The van der Waals surface area contributed by atoms with Crippen LogP contribution in [-0.4, -0.2) is 38.2 Å². The molecule has 0 radical (unpaired) electrons. The van der Waals surface area contributed by atoms with Crippen LogP contribution in [0.4, 0.5) is 5.13 Å². The topological polar surface area (TPSA) is 61.8 Å². The van der Waals surface area contributed by atoms with E-state index < -0.39 is 0 Å². The molecule has 0 spiro atoms. The first-order chi connectivity index (χ1) is 12.1. The molecule has 26 heavy (non-hydrogen) atoms. The highest BCUT2D eigenvalue weighted by Gasteiger charge is 2.06.